The van der Waals surface area contributed by atoms with E-state index in [9.17, 15) is 9.18 Å². The van der Waals surface area contributed by atoms with Crippen LogP contribution in [-0.2, 0) is 0 Å². The monoisotopic (exact) mass is 237 g/mol. The van der Waals surface area contributed by atoms with E-state index in [1.54, 1.807) is 0 Å². The second-order valence-corrected chi connectivity index (χ2v) is 4.48. The van der Waals surface area contributed by atoms with Crippen molar-refractivity contribution in [1.82, 2.24) is 0 Å². The molecule has 1 aromatic carbocycles. The zero-order valence-corrected chi connectivity index (χ0v) is 9.58. The molecule has 0 heterocycles. The Kier molecular flexibility index (Phi) is 3.61. The van der Waals surface area contributed by atoms with Crippen LogP contribution in [0.3, 0.4) is 0 Å². The molecule has 0 bridgehead atoms. The molecular weight excluding hydrogens is 221 g/mol. The molecular formula is C13H16FNO2. The van der Waals surface area contributed by atoms with Crippen molar-refractivity contribution in [3.63, 3.8) is 0 Å². The fourth-order valence-corrected chi connectivity index (χ4v) is 1.89. The van der Waals surface area contributed by atoms with Crippen LogP contribution in [0.4, 0.5) is 10.1 Å². The van der Waals surface area contributed by atoms with Gasteiger partial charge in [0, 0.05) is 6.54 Å². The number of hydrogen-bond acceptors (Lipinski definition) is 2. The number of benzene rings is 1. The number of carboxylic acids is 1. The minimum Gasteiger partial charge on any atom is -0.478 e. The van der Waals surface area contributed by atoms with Crippen LogP contribution in [0, 0.1) is 11.7 Å². The van der Waals surface area contributed by atoms with Crippen LogP contribution in [0.1, 0.15) is 36.0 Å². The van der Waals surface area contributed by atoms with Gasteiger partial charge >= 0.3 is 5.97 Å². The van der Waals surface area contributed by atoms with E-state index in [1.165, 1.54) is 31.0 Å². The molecule has 0 atom stereocenters. The second kappa shape index (κ2) is 5.17. The van der Waals surface area contributed by atoms with Gasteiger partial charge in [0.1, 0.15) is 5.82 Å². The molecule has 92 valence electrons. The van der Waals surface area contributed by atoms with Gasteiger partial charge in [-0.05, 0) is 30.9 Å². The lowest BCUT2D eigenvalue weighted by Gasteiger charge is -2.10. The Hall–Kier alpha value is -1.58. The van der Waals surface area contributed by atoms with Crippen molar-refractivity contribution < 1.29 is 14.3 Å². The van der Waals surface area contributed by atoms with E-state index < -0.39 is 11.8 Å². The summed E-state index contributed by atoms with van der Waals surface area (Å²) in [6.45, 7) is 0.623. The molecule has 2 N–H and O–H groups in total. The van der Waals surface area contributed by atoms with Crippen molar-refractivity contribution in [2.75, 3.05) is 11.9 Å². The van der Waals surface area contributed by atoms with E-state index in [0.717, 1.165) is 18.8 Å². The SMILES string of the molecule is O=C(O)c1cccc(F)c1NCCCC1CC1. The molecule has 1 saturated carbocycles. The van der Waals surface area contributed by atoms with E-state index in [0.29, 0.717) is 6.54 Å². The van der Waals surface area contributed by atoms with Crippen LogP contribution in [0.2, 0.25) is 0 Å². The number of carbonyl (C=O) groups is 1. The summed E-state index contributed by atoms with van der Waals surface area (Å²) >= 11 is 0. The van der Waals surface area contributed by atoms with Gasteiger partial charge in [-0.25, -0.2) is 9.18 Å². The Morgan fingerprint density at radius 2 is 2.24 bits per heavy atom. The van der Waals surface area contributed by atoms with Crippen molar-refractivity contribution in [1.29, 1.82) is 0 Å². The summed E-state index contributed by atoms with van der Waals surface area (Å²) in [4.78, 5) is 10.9. The van der Waals surface area contributed by atoms with Gasteiger partial charge in [-0.1, -0.05) is 18.9 Å². The van der Waals surface area contributed by atoms with Crippen LogP contribution >= 0.6 is 0 Å². The highest BCUT2D eigenvalue weighted by Gasteiger charge is 2.20. The lowest BCUT2D eigenvalue weighted by molar-refractivity contribution is 0.0697. The van der Waals surface area contributed by atoms with Crippen LogP contribution in [0.5, 0.6) is 0 Å². The first kappa shape index (κ1) is 11.9. The van der Waals surface area contributed by atoms with Crippen molar-refractivity contribution >= 4 is 11.7 Å². The average Bonchev–Trinajstić information content (AvgIpc) is 3.09. The van der Waals surface area contributed by atoms with Crippen LogP contribution in [-0.4, -0.2) is 17.6 Å². The van der Waals surface area contributed by atoms with Gasteiger partial charge < -0.3 is 10.4 Å². The number of nitrogens with one attached hydrogen (secondary N) is 1. The molecule has 4 heteroatoms. The largest absolute Gasteiger partial charge is 0.478 e. The molecule has 17 heavy (non-hydrogen) atoms. The van der Waals surface area contributed by atoms with E-state index in [4.69, 9.17) is 5.11 Å². The molecule has 1 aromatic rings. The standard InChI is InChI=1S/C13H16FNO2/c14-11-5-1-4-10(13(16)17)12(11)15-8-2-3-9-6-7-9/h1,4-5,9,15H,2-3,6-8H2,(H,16,17). The van der Waals surface area contributed by atoms with Gasteiger partial charge in [-0.15, -0.1) is 0 Å². The zero-order valence-electron chi connectivity index (χ0n) is 9.58. The number of hydrogen-bond donors (Lipinski definition) is 2. The summed E-state index contributed by atoms with van der Waals surface area (Å²) in [5.41, 5.74) is 0.104. The van der Waals surface area contributed by atoms with E-state index in [2.05, 4.69) is 5.32 Å². The summed E-state index contributed by atoms with van der Waals surface area (Å²) in [5, 5.41) is 11.8. The fourth-order valence-electron chi connectivity index (χ4n) is 1.89. The van der Waals surface area contributed by atoms with Crippen molar-refractivity contribution in [3.8, 4) is 0 Å². The third kappa shape index (κ3) is 3.19. The van der Waals surface area contributed by atoms with E-state index in [1.807, 2.05) is 0 Å². The molecule has 0 aliphatic heterocycles. The van der Waals surface area contributed by atoms with Gasteiger partial charge in [0.25, 0.3) is 0 Å². The summed E-state index contributed by atoms with van der Waals surface area (Å²) in [6, 6.07) is 4.10. The molecule has 0 radical (unpaired) electrons. The maximum Gasteiger partial charge on any atom is 0.337 e. The lowest BCUT2D eigenvalue weighted by Crippen LogP contribution is -2.09. The molecule has 0 unspecified atom stereocenters. The number of aromatic carboxylic acids is 1. The summed E-state index contributed by atoms with van der Waals surface area (Å²) in [5.74, 6) is -0.762. The van der Waals surface area contributed by atoms with E-state index >= 15 is 0 Å². The van der Waals surface area contributed by atoms with Crippen molar-refractivity contribution in [3.05, 3.63) is 29.6 Å². The first-order valence-electron chi connectivity index (χ1n) is 5.94. The highest BCUT2D eigenvalue weighted by molar-refractivity contribution is 5.94. The van der Waals surface area contributed by atoms with Crippen molar-refractivity contribution in [2.24, 2.45) is 5.92 Å². The first-order valence-corrected chi connectivity index (χ1v) is 5.94. The third-order valence-electron chi connectivity index (χ3n) is 3.03. The normalized spacial score (nSPS) is 14.6. The average molecular weight is 237 g/mol. The number of para-hydroxylation sites is 1. The molecule has 0 aromatic heterocycles. The summed E-state index contributed by atoms with van der Waals surface area (Å²) in [6.07, 6.45) is 4.71. The maximum atomic E-state index is 13.5. The maximum absolute atomic E-state index is 13.5. The summed E-state index contributed by atoms with van der Waals surface area (Å²) < 4.78 is 13.5. The smallest absolute Gasteiger partial charge is 0.337 e. The molecule has 1 aliphatic rings. The third-order valence-corrected chi connectivity index (χ3v) is 3.03. The second-order valence-electron chi connectivity index (χ2n) is 4.48. The molecule has 2 rings (SSSR count). The highest BCUT2D eigenvalue weighted by Crippen LogP contribution is 2.33. The quantitative estimate of drug-likeness (QED) is 0.747. The molecule has 0 amide bonds. The topological polar surface area (TPSA) is 49.3 Å². The number of rotatable bonds is 6. The first-order chi connectivity index (χ1) is 8.18. The minimum absolute atomic E-state index is 0.00331. The number of carboxylic acid groups (broad SMARTS) is 1. The molecule has 3 nitrogen and oxygen atoms in total. The highest BCUT2D eigenvalue weighted by atomic mass is 19.1. The van der Waals surface area contributed by atoms with Crippen LogP contribution in [0.15, 0.2) is 18.2 Å². The summed E-state index contributed by atoms with van der Waals surface area (Å²) in [7, 11) is 0. The molecule has 1 aliphatic carbocycles. The zero-order chi connectivity index (χ0) is 12.3. The van der Waals surface area contributed by atoms with Gasteiger partial charge in [-0.3, -0.25) is 0 Å². The Morgan fingerprint density at radius 3 is 2.88 bits per heavy atom. The van der Waals surface area contributed by atoms with Crippen LogP contribution < -0.4 is 5.32 Å². The Morgan fingerprint density at radius 1 is 1.47 bits per heavy atom. The predicted molar refractivity (Wildman–Crippen MR) is 63.8 cm³/mol. The van der Waals surface area contributed by atoms with Gasteiger partial charge in [0.15, 0.2) is 0 Å². The van der Waals surface area contributed by atoms with Crippen LogP contribution in [0.25, 0.3) is 0 Å². The van der Waals surface area contributed by atoms with Crippen molar-refractivity contribution in [2.45, 2.75) is 25.7 Å². The molecule has 1 fully saturated rings. The molecule has 0 spiro atoms. The van der Waals surface area contributed by atoms with Gasteiger partial charge in [0.05, 0.1) is 11.3 Å². The predicted octanol–water partition coefficient (Wildman–Crippen LogP) is 3.13. The lowest BCUT2D eigenvalue weighted by atomic mass is 10.1. The number of halogens is 1. The van der Waals surface area contributed by atoms with Gasteiger partial charge in [-0.2, -0.15) is 0 Å². The fraction of sp³-hybridized carbons (Fsp3) is 0.462. The minimum atomic E-state index is -1.10. The van der Waals surface area contributed by atoms with Gasteiger partial charge in [0.2, 0.25) is 0 Å². The Balaban J connectivity index is 1.94. The molecule has 0 saturated heterocycles. The number of anilines is 1. The van der Waals surface area contributed by atoms with E-state index in [-0.39, 0.29) is 11.3 Å². The Bertz CT molecular complexity index is 416. The Labute approximate surface area is 99.7 Å².